The molecular formula is C29H21F2N3O. The van der Waals surface area contributed by atoms with Gasteiger partial charge >= 0.3 is 0 Å². The third-order valence-corrected chi connectivity index (χ3v) is 5.70. The normalized spacial score (nSPS) is 10.9. The lowest BCUT2D eigenvalue weighted by atomic mass is 10.0. The van der Waals surface area contributed by atoms with Crippen LogP contribution < -0.4 is 5.32 Å². The van der Waals surface area contributed by atoms with E-state index >= 15 is 0 Å². The number of benzene rings is 4. The molecule has 5 rings (SSSR count). The number of hydrogen-bond donors (Lipinski definition) is 1. The molecule has 0 bridgehead atoms. The molecule has 0 saturated carbocycles. The summed E-state index contributed by atoms with van der Waals surface area (Å²) in [6.07, 6.45) is 0. The van der Waals surface area contributed by atoms with Gasteiger partial charge in [-0.3, -0.25) is 4.79 Å². The molecule has 6 heteroatoms. The van der Waals surface area contributed by atoms with Gasteiger partial charge in [-0.15, -0.1) is 0 Å². The summed E-state index contributed by atoms with van der Waals surface area (Å²) in [7, 11) is 0. The van der Waals surface area contributed by atoms with Gasteiger partial charge in [0.15, 0.2) is 0 Å². The van der Waals surface area contributed by atoms with Crippen LogP contribution in [0.15, 0.2) is 91.0 Å². The number of nitrogens with one attached hydrogen (secondary N) is 1. The average Bonchev–Trinajstić information content (AvgIpc) is 2.87. The van der Waals surface area contributed by atoms with Crippen LogP contribution in [0.3, 0.4) is 0 Å². The fraction of sp³-hybridized carbons (Fsp3) is 0.0690. The van der Waals surface area contributed by atoms with Crippen molar-refractivity contribution in [3.05, 3.63) is 119 Å². The van der Waals surface area contributed by atoms with E-state index in [-0.39, 0.29) is 17.5 Å². The summed E-state index contributed by atoms with van der Waals surface area (Å²) in [5.74, 6) is -0.938. The molecule has 0 radical (unpaired) electrons. The SMILES string of the molecule is Cc1cccc(CNC(=O)c2ccc3nc(-c4ccc(F)cc4)c(-c4ccc(F)cc4)nc3c2)c1. The molecule has 0 fully saturated rings. The van der Waals surface area contributed by atoms with Gasteiger partial charge in [0.2, 0.25) is 0 Å². The van der Waals surface area contributed by atoms with Crippen LogP contribution in [0, 0.1) is 18.6 Å². The Labute approximate surface area is 201 Å². The Hall–Kier alpha value is -4.45. The topological polar surface area (TPSA) is 54.9 Å². The van der Waals surface area contributed by atoms with Crippen LogP contribution in [0.1, 0.15) is 21.5 Å². The fourth-order valence-electron chi connectivity index (χ4n) is 3.92. The molecule has 4 nitrogen and oxygen atoms in total. The van der Waals surface area contributed by atoms with Crippen LogP contribution in [0.4, 0.5) is 8.78 Å². The van der Waals surface area contributed by atoms with Crippen LogP contribution in [-0.4, -0.2) is 15.9 Å². The van der Waals surface area contributed by atoms with Crippen molar-refractivity contribution in [3.8, 4) is 22.5 Å². The number of hydrogen-bond acceptors (Lipinski definition) is 3. The summed E-state index contributed by atoms with van der Waals surface area (Å²) in [6.45, 7) is 2.42. The van der Waals surface area contributed by atoms with Crippen molar-refractivity contribution in [3.63, 3.8) is 0 Å². The highest BCUT2D eigenvalue weighted by molar-refractivity contribution is 5.98. The lowest BCUT2D eigenvalue weighted by Crippen LogP contribution is -2.22. The smallest absolute Gasteiger partial charge is 0.251 e. The first kappa shape index (κ1) is 22.3. The van der Waals surface area contributed by atoms with Gasteiger partial charge in [0.05, 0.1) is 22.4 Å². The molecule has 5 aromatic rings. The molecule has 1 aromatic heterocycles. The van der Waals surface area contributed by atoms with Crippen molar-refractivity contribution in [1.29, 1.82) is 0 Å². The summed E-state index contributed by atoms with van der Waals surface area (Å²) >= 11 is 0. The van der Waals surface area contributed by atoms with E-state index in [0.717, 1.165) is 11.1 Å². The maximum absolute atomic E-state index is 13.6. The predicted octanol–water partition coefficient (Wildman–Crippen LogP) is 6.48. The molecule has 172 valence electrons. The van der Waals surface area contributed by atoms with Crippen molar-refractivity contribution in [2.24, 2.45) is 0 Å². The molecule has 0 aliphatic rings. The van der Waals surface area contributed by atoms with Crippen molar-refractivity contribution in [1.82, 2.24) is 15.3 Å². The highest BCUT2D eigenvalue weighted by Gasteiger charge is 2.15. The van der Waals surface area contributed by atoms with E-state index in [1.54, 1.807) is 42.5 Å². The van der Waals surface area contributed by atoms with E-state index in [0.29, 0.717) is 45.7 Å². The first-order chi connectivity index (χ1) is 17.0. The minimum absolute atomic E-state index is 0.221. The molecule has 0 unspecified atom stereocenters. The van der Waals surface area contributed by atoms with Gasteiger partial charge in [0.1, 0.15) is 11.6 Å². The van der Waals surface area contributed by atoms with E-state index in [1.807, 2.05) is 31.2 Å². The zero-order valence-corrected chi connectivity index (χ0v) is 18.9. The summed E-state index contributed by atoms with van der Waals surface area (Å²) in [5, 5.41) is 2.94. The molecule has 35 heavy (non-hydrogen) atoms. The van der Waals surface area contributed by atoms with Crippen LogP contribution in [-0.2, 0) is 6.54 Å². The van der Waals surface area contributed by atoms with Crippen LogP contribution >= 0.6 is 0 Å². The number of halogens is 2. The molecule has 0 saturated heterocycles. The Morgan fingerprint density at radius 1 is 0.743 bits per heavy atom. The molecule has 4 aromatic carbocycles. The van der Waals surface area contributed by atoms with E-state index < -0.39 is 0 Å². The number of nitrogens with zero attached hydrogens (tertiary/aromatic N) is 2. The van der Waals surface area contributed by atoms with Gasteiger partial charge in [0.25, 0.3) is 5.91 Å². The maximum atomic E-state index is 13.6. The average molecular weight is 466 g/mol. The van der Waals surface area contributed by atoms with Crippen molar-refractivity contribution in [2.45, 2.75) is 13.5 Å². The summed E-state index contributed by atoms with van der Waals surface area (Å²) in [5.41, 5.74) is 6.11. The first-order valence-electron chi connectivity index (χ1n) is 11.1. The van der Waals surface area contributed by atoms with Crippen LogP contribution in [0.25, 0.3) is 33.5 Å². The van der Waals surface area contributed by atoms with E-state index in [1.165, 1.54) is 24.3 Å². The summed E-state index contributed by atoms with van der Waals surface area (Å²) in [4.78, 5) is 22.4. The van der Waals surface area contributed by atoms with Crippen LogP contribution in [0.5, 0.6) is 0 Å². The van der Waals surface area contributed by atoms with E-state index in [4.69, 9.17) is 9.97 Å². The molecule has 1 heterocycles. The molecule has 0 aliphatic heterocycles. The number of aromatic nitrogens is 2. The highest BCUT2D eigenvalue weighted by atomic mass is 19.1. The quantitative estimate of drug-likeness (QED) is 0.323. The number of carbonyl (C=O) groups is 1. The molecule has 0 aliphatic carbocycles. The summed E-state index contributed by atoms with van der Waals surface area (Å²) < 4.78 is 27.1. The third-order valence-electron chi connectivity index (χ3n) is 5.70. The standard InChI is InChI=1S/C29H21F2N3O/c1-18-3-2-4-19(15-18)17-32-29(35)22-9-14-25-26(16-22)34-28(21-7-12-24(31)13-8-21)27(33-25)20-5-10-23(30)11-6-20/h2-16H,17H2,1H3,(H,32,35). The monoisotopic (exact) mass is 465 g/mol. The third kappa shape index (κ3) is 4.92. The number of amides is 1. The second kappa shape index (κ2) is 9.43. The van der Waals surface area contributed by atoms with Gasteiger partial charge in [-0.25, -0.2) is 18.7 Å². The van der Waals surface area contributed by atoms with Gasteiger partial charge in [-0.05, 0) is 79.2 Å². The Morgan fingerprint density at radius 3 is 1.94 bits per heavy atom. The molecule has 0 atom stereocenters. The minimum Gasteiger partial charge on any atom is -0.348 e. The first-order valence-corrected chi connectivity index (χ1v) is 11.1. The molecule has 0 spiro atoms. The number of fused-ring (bicyclic) bond motifs is 1. The molecule has 1 amide bonds. The maximum Gasteiger partial charge on any atom is 0.251 e. The Morgan fingerprint density at radius 2 is 1.34 bits per heavy atom. The van der Waals surface area contributed by atoms with E-state index in [2.05, 4.69) is 5.32 Å². The zero-order valence-electron chi connectivity index (χ0n) is 18.9. The van der Waals surface area contributed by atoms with Gasteiger partial charge in [0, 0.05) is 23.2 Å². The van der Waals surface area contributed by atoms with Gasteiger partial charge < -0.3 is 5.32 Å². The Kier molecular flexibility index (Phi) is 6.02. The second-order valence-electron chi connectivity index (χ2n) is 8.31. The largest absolute Gasteiger partial charge is 0.348 e. The predicted molar refractivity (Wildman–Crippen MR) is 133 cm³/mol. The van der Waals surface area contributed by atoms with Gasteiger partial charge in [-0.1, -0.05) is 29.8 Å². The molecule has 1 N–H and O–H groups in total. The van der Waals surface area contributed by atoms with Crippen LogP contribution in [0.2, 0.25) is 0 Å². The number of aryl methyl sites for hydroxylation is 1. The van der Waals surface area contributed by atoms with Gasteiger partial charge in [-0.2, -0.15) is 0 Å². The Balaban J connectivity index is 1.53. The fourth-order valence-corrected chi connectivity index (χ4v) is 3.92. The van der Waals surface area contributed by atoms with Crippen molar-refractivity contribution >= 4 is 16.9 Å². The Bertz CT molecular complexity index is 1530. The highest BCUT2D eigenvalue weighted by Crippen LogP contribution is 2.31. The lowest BCUT2D eigenvalue weighted by Gasteiger charge is -2.12. The second-order valence-corrected chi connectivity index (χ2v) is 8.31. The minimum atomic E-state index is -0.363. The summed E-state index contributed by atoms with van der Waals surface area (Å²) in [6, 6.07) is 25.0. The molecular weight excluding hydrogens is 444 g/mol. The zero-order chi connectivity index (χ0) is 24.4. The lowest BCUT2D eigenvalue weighted by molar-refractivity contribution is 0.0951. The number of rotatable bonds is 5. The van der Waals surface area contributed by atoms with Crippen molar-refractivity contribution < 1.29 is 13.6 Å². The van der Waals surface area contributed by atoms with E-state index in [9.17, 15) is 13.6 Å². The van der Waals surface area contributed by atoms with Crippen molar-refractivity contribution in [2.75, 3.05) is 0 Å². The number of carbonyl (C=O) groups excluding carboxylic acids is 1.